The quantitative estimate of drug-likeness (QED) is 0.833. The molecule has 0 bridgehead atoms. The first-order valence-corrected chi connectivity index (χ1v) is 5.78. The van der Waals surface area contributed by atoms with Crippen molar-refractivity contribution in [2.24, 2.45) is 0 Å². The minimum Gasteiger partial charge on any atom is -0.463 e. The molecule has 0 spiro atoms. The molecular weight excluding hydrogens is 224 g/mol. The summed E-state index contributed by atoms with van der Waals surface area (Å²) in [6.45, 7) is 1.35. The number of esters is 1. The number of fused-ring (bicyclic) bond motifs is 1. The zero-order chi connectivity index (χ0) is 11.5. The molecule has 16 heavy (non-hydrogen) atoms. The Bertz CT molecular complexity index is 471. The van der Waals surface area contributed by atoms with E-state index in [2.05, 4.69) is 0 Å². The first-order valence-electron chi connectivity index (χ1n) is 4.96. The molecule has 0 fully saturated rings. The molecule has 0 aliphatic carbocycles. The summed E-state index contributed by atoms with van der Waals surface area (Å²) in [5, 5.41) is 10.9. The van der Waals surface area contributed by atoms with E-state index >= 15 is 0 Å². The summed E-state index contributed by atoms with van der Waals surface area (Å²) in [4.78, 5) is 11.4. The molecule has 2 rings (SSSR count). The fraction of sp³-hybridized carbons (Fsp3) is 0.250. The second-order valence-corrected chi connectivity index (χ2v) is 4.62. The smallest absolute Gasteiger partial charge is 0.302 e. The van der Waals surface area contributed by atoms with E-state index < -0.39 is 6.10 Å². The second kappa shape index (κ2) is 4.63. The van der Waals surface area contributed by atoms with Crippen LogP contribution in [0.2, 0.25) is 0 Å². The zero-order valence-corrected chi connectivity index (χ0v) is 9.66. The fourth-order valence-electron chi connectivity index (χ4n) is 1.45. The number of carbonyl (C=O) groups excluding carboxylic acids is 1. The van der Waals surface area contributed by atoms with Crippen molar-refractivity contribution in [3.8, 4) is 0 Å². The maximum absolute atomic E-state index is 10.6. The van der Waals surface area contributed by atoms with Crippen LogP contribution >= 0.6 is 11.3 Å². The van der Waals surface area contributed by atoms with Crippen molar-refractivity contribution in [1.82, 2.24) is 0 Å². The van der Waals surface area contributed by atoms with Crippen molar-refractivity contribution < 1.29 is 14.6 Å². The summed E-state index contributed by atoms with van der Waals surface area (Å²) < 4.78 is 5.90. The molecule has 2 aromatic rings. The molecule has 1 aromatic carbocycles. The average Bonchev–Trinajstić information content (AvgIpc) is 2.69. The van der Waals surface area contributed by atoms with Gasteiger partial charge in [0.25, 0.3) is 0 Å². The van der Waals surface area contributed by atoms with Crippen molar-refractivity contribution in [1.29, 1.82) is 0 Å². The Labute approximate surface area is 97.3 Å². The van der Waals surface area contributed by atoms with Crippen molar-refractivity contribution in [2.45, 2.75) is 13.0 Å². The molecule has 0 aliphatic rings. The molecule has 3 nitrogen and oxygen atoms in total. The molecular formula is C12H12O3S. The summed E-state index contributed by atoms with van der Waals surface area (Å²) in [6, 6.07) is 9.84. The van der Waals surface area contributed by atoms with Gasteiger partial charge in [0, 0.05) is 16.5 Å². The highest BCUT2D eigenvalue weighted by atomic mass is 32.1. The van der Waals surface area contributed by atoms with Crippen LogP contribution in [0.5, 0.6) is 0 Å². The van der Waals surface area contributed by atoms with Crippen LogP contribution in [-0.2, 0) is 9.53 Å². The molecule has 84 valence electrons. The Hall–Kier alpha value is -1.39. The first kappa shape index (κ1) is 11.1. The van der Waals surface area contributed by atoms with E-state index in [-0.39, 0.29) is 12.6 Å². The molecule has 0 aliphatic heterocycles. The lowest BCUT2D eigenvalue weighted by Crippen LogP contribution is -2.08. The van der Waals surface area contributed by atoms with Crippen LogP contribution in [0.4, 0.5) is 0 Å². The van der Waals surface area contributed by atoms with Crippen LogP contribution in [0.3, 0.4) is 0 Å². The van der Waals surface area contributed by atoms with E-state index in [1.54, 1.807) is 0 Å². The number of thiophene rings is 1. The van der Waals surface area contributed by atoms with Gasteiger partial charge in [-0.1, -0.05) is 18.2 Å². The van der Waals surface area contributed by atoms with E-state index in [0.29, 0.717) is 0 Å². The highest BCUT2D eigenvalue weighted by molar-refractivity contribution is 7.19. The number of hydrogen-bond acceptors (Lipinski definition) is 4. The summed E-state index contributed by atoms with van der Waals surface area (Å²) in [5.41, 5.74) is 0. The third-order valence-electron chi connectivity index (χ3n) is 2.22. The number of ether oxygens (including phenoxy) is 1. The number of aliphatic hydroxyl groups excluding tert-OH is 1. The molecule has 1 atom stereocenters. The maximum Gasteiger partial charge on any atom is 0.302 e. The van der Waals surface area contributed by atoms with Crippen molar-refractivity contribution in [2.75, 3.05) is 6.61 Å². The standard InChI is InChI=1S/C12H12O3S/c1-8(13)15-7-10(14)12-6-9-4-2-3-5-11(9)16-12/h2-6,10,14H,7H2,1H3/t10-/m0/s1. The van der Waals surface area contributed by atoms with E-state index in [0.717, 1.165) is 15.0 Å². The van der Waals surface area contributed by atoms with E-state index in [1.807, 2.05) is 30.3 Å². The minimum absolute atomic E-state index is 0.0160. The number of rotatable bonds is 3. The molecule has 0 saturated heterocycles. The molecule has 4 heteroatoms. The van der Waals surface area contributed by atoms with Gasteiger partial charge in [-0.2, -0.15) is 0 Å². The molecule has 1 aromatic heterocycles. The van der Waals surface area contributed by atoms with Gasteiger partial charge in [-0.05, 0) is 17.5 Å². The first-order chi connectivity index (χ1) is 7.66. The molecule has 1 N–H and O–H groups in total. The van der Waals surface area contributed by atoms with Crippen LogP contribution in [0.1, 0.15) is 17.9 Å². The Balaban J connectivity index is 2.16. The Morgan fingerprint density at radius 1 is 1.50 bits per heavy atom. The minimum atomic E-state index is -0.735. The topological polar surface area (TPSA) is 46.5 Å². The highest BCUT2D eigenvalue weighted by Crippen LogP contribution is 2.29. The molecule has 0 amide bonds. The average molecular weight is 236 g/mol. The van der Waals surface area contributed by atoms with Crippen LogP contribution in [0.25, 0.3) is 10.1 Å². The Kier molecular flexibility index (Phi) is 3.22. The third-order valence-corrected chi connectivity index (χ3v) is 3.43. The van der Waals surface area contributed by atoms with Gasteiger partial charge in [-0.25, -0.2) is 0 Å². The van der Waals surface area contributed by atoms with Crippen molar-refractivity contribution in [3.63, 3.8) is 0 Å². The lowest BCUT2D eigenvalue weighted by molar-refractivity contribution is -0.143. The number of hydrogen-bond donors (Lipinski definition) is 1. The van der Waals surface area contributed by atoms with Crippen LogP contribution in [-0.4, -0.2) is 17.7 Å². The molecule has 0 radical (unpaired) electrons. The summed E-state index contributed by atoms with van der Waals surface area (Å²) in [5.74, 6) is -0.375. The Morgan fingerprint density at radius 2 is 2.25 bits per heavy atom. The van der Waals surface area contributed by atoms with Gasteiger partial charge in [0.2, 0.25) is 0 Å². The van der Waals surface area contributed by atoms with Gasteiger partial charge < -0.3 is 9.84 Å². The van der Waals surface area contributed by atoms with Crippen LogP contribution in [0, 0.1) is 0 Å². The monoisotopic (exact) mass is 236 g/mol. The molecule has 1 heterocycles. The van der Waals surface area contributed by atoms with Crippen LogP contribution < -0.4 is 0 Å². The SMILES string of the molecule is CC(=O)OC[C@H](O)c1cc2ccccc2s1. The predicted octanol–water partition coefficient (Wildman–Crippen LogP) is 2.50. The molecule has 0 saturated carbocycles. The van der Waals surface area contributed by atoms with Crippen molar-refractivity contribution >= 4 is 27.4 Å². The zero-order valence-electron chi connectivity index (χ0n) is 8.84. The number of benzene rings is 1. The fourth-order valence-corrected chi connectivity index (χ4v) is 2.48. The highest BCUT2D eigenvalue weighted by Gasteiger charge is 2.12. The second-order valence-electron chi connectivity index (χ2n) is 3.50. The summed E-state index contributed by atoms with van der Waals surface area (Å²) >= 11 is 1.52. The van der Waals surface area contributed by atoms with Gasteiger partial charge in [-0.3, -0.25) is 4.79 Å². The summed E-state index contributed by atoms with van der Waals surface area (Å²) in [6.07, 6.45) is -0.735. The largest absolute Gasteiger partial charge is 0.463 e. The van der Waals surface area contributed by atoms with E-state index in [1.165, 1.54) is 18.3 Å². The lowest BCUT2D eigenvalue weighted by atomic mass is 10.2. The number of carbonyl (C=O) groups is 1. The number of aliphatic hydroxyl groups is 1. The van der Waals surface area contributed by atoms with Gasteiger partial charge in [-0.15, -0.1) is 11.3 Å². The third kappa shape index (κ3) is 2.40. The van der Waals surface area contributed by atoms with E-state index in [9.17, 15) is 9.90 Å². The Morgan fingerprint density at radius 3 is 2.94 bits per heavy atom. The van der Waals surface area contributed by atoms with Gasteiger partial charge in [0.1, 0.15) is 12.7 Å². The van der Waals surface area contributed by atoms with Gasteiger partial charge in [0.05, 0.1) is 0 Å². The lowest BCUT2D eigenvalue weighted by Gasteiger charge is -2.07. The molecule has 0 unspecified atom stereocenters. The van der Waals surface area contributed by atoms with Gasteiger partial charge in [0.15, 0.2) is 0 Å². The van der Waals surface area contributed by atoms with Crippen molar-refractivity contribution in [3.05, 3.63) is 35.2 Å². The van der Waals surface area contributed by atoms with E-state index in [4.69, 9.17) is 4.74 Å². The normalized spacial score (nSPS) is 12.6. The predicted molar refractivity (Wildman–Crippen MR) is 63.4 cm³/mol. The van der Waals surface area contributed by atoms with Crippen LogP contribution in [0.15, 0.2) is 30.3 Å². The van der Waals surface area contributed by atoms with Gasteiger partial charge >= 0.3 is 5.97 Å². The maximum atomic E-state index is 10.6. The summed E-state index contributed by atoms with van der Waals surface area (Å²) in [7, 11) is 0.